The highest BCUT2D eigenvalue weighted by Gasteiger charge is 2.07. The lowest BCUT2D eigenvalue weighted by molar-refractivity contribution is 0.625. The number of aromatic amines is 1. The second-order valence-corrected chi connectivity index (χ2v) is 4.74. The smallest absolute Gasteiger partial charge is 0.178 e. The highest BCUT2D eigenvalue weighted by molar-refractivity contribution is 7.71. The number of hydrogen-bond donors (Lipinski definition) is 1. The van der Waals surface area contributed by atoms with Crippen LogP contribution in [0.5, 0.6) is 0 Å². The van der Waals surface area contributed by atoms with E-state index in [0.29, 0.717) is 17.7 Å². The number of aromatic nitrogens is 5. The number of aryl methyl sites for hydroxylation is 3. The van der Waals surface area contributed by atoms with E-state index in [2.05, 4.69) is 15.2 Å². The van der Waals surface area contributed by atoms with E-state index in [0.717, 1.165) is 16.9 Å². The molecule has 0 saturated heterocycles. The maximum absolute atomic E-state index is 13.3. The Bertz CT molecular complexity index is 785. The second-order valence-electron chi connectivity index (χ2n) is 4.35. The van der Waals surface area contributed by atoms with Crippen LogP contribution in [0.4, 0.5) is 4.39 Å². The molecule has 0 spiro atoms. The summed E-state index contributed by atoms with van der Waals surface area (Å²) in [6.07, 6.45) is 2.35. The van der Waals surface area contributed by atoms with Crippen LogP contribution >= 0.6 is 12.2 Å². The van der Waals surface area contributed by atoms with E-state index in [-0.39, 0.29) is 5.82 Å². The minimum atomic E-state index is -0.270. The van der Waals surface area contributed by atoms with Crippen LogP contribution in [-0.4, -0.2) is 24.3 Å². The van der Waals surface area contributed by atoms with E-state index in [1.54, 1.807) is 12.4 Å². The maximum Gasteiger partial charge on any atom is 0.178 e. The van der Waals surface area contributed by atoms with Gasteiger partial charge in [-0.2, -0.15) is 0 Å². The summed E-state index contributed by atoms with van der Waals surface area (Å²) in [5, 5.41) is 7.85. The standard InChI is InChI=1S/C12H12FN5S/c1-17-7-14-16-11(17)4-5-18-10-6-8(13)2-3-9(10)15-12(18)19/h2-3,6-7H,4-5H2,1H3,(H,15,19). The van der Waals surface area contributed by atoms with Crippen molar-refractivity contribution in [3.8, 4) is 0 Å². The Labute approximate surface area is 113 Å². The lowest BCUT2D eigenvalue weighted by atomic mass is 10.3. The van der Waals surface area contributed by atoms with Gasteiger partial charge in [-0.3, -0.25) is 0 Å². The van der Waals surface area contributed by atoms with E-state index in [4.69, 9.17) is 12.2 Å². The third kappa shape index (κ3) is 2.17. The van der Waals surface area contributed by atoms with Crippen LogP contribution in [0.2, 0.25) is 0 Å². The van der Waals surface area contributed by atoms with Gasteiger partial charge in [-0.1, -0.05) is 0 Å². The molecule has 19 heavy (non-hydrogen) atoms. The van der Waals surface area contributed by atoms with Gasteiger partial charge in [0.2, 0.25) is 0 Å². The molecule has 2 aromatic heterocycles. The van der Waals surface area contributed by atoms with Gasteiger partial charge in [-0.05, 0) is 30.4 Å². The largest absolute Gasteiger partial charge is 0.331 e. The molecule has 1 aromatic carbocycles. The number of imidazole rings is 1. The van der Waals surface area contributed by atoms with Gasteiger partial charge in [0.25, 0.3) is 0 Å². The number of H-pyrrole nitrogens is 1. The average Bonchev–Trinajstić information content (AvgIpc) is 2.90. The minimum absolute atomic E-state index is 0.270. The molecule has 0 aliphatic carbocycles. The minimum Gasteiger partial charge on any atom is -0.331 e. The highest BCUT2D eigenvalue weighted by Crippen LogP contribution is 2.16. The molecule has 0 atom stereocenters. The molecule has 98 valence electrons. The maximum atomic E-state index is 13.3. The molecule has 0 aliphatic heterocycles. The molecule has 0 amide bonds. The van der Waals surface area contributed by atoms with Crippen molar-refractivity contribution in [1.82, 2.24) is 24.3 Å². The fraction of sp³-hybridized carbons (Fsp3) is 0.250. The Balaban J connectivity index is 1.96. The number of fused-ring (bicyclic) bond motifs is 1. The van der Waals surface area contributed by atoms with Crippen LogP contribution in [0.3, 0.4) is 0 Å². The molecule has 3 rings (SSSR count). The normalized spacial score (nSPS) is 11.3. The van der Waals surface area contributed by atoms with Gasteiger partial charge >= 0.3 is 0 Å². The number of nitrogens with one attached hydrogen (secondary N) is 1. The SMILES string of the molecule is Cn1cnnc1CCn1c(=S)[nH]c2ccc(F)cc21. The van der Waals surface area contributed by atoms with Gasteiger partial charge in [0.1, 0.15) is 18.0 Å². The van der Waals surface area contributed by atoms with Crippen molar-refractivity contribution in [2.75, 3.05) is 0 Å². The quantitative estimate of drug-likeness (QED) is 0.747. The Morgan fingerprint density at radius 2 is 2.26 bits per heavy atom. The predicted molar refractivity (Wildman–Crippen MR) is 71.8 cm³/mol. The Kier molecular flexibility index (Phi) is 2.90. The van der Waals surface area contributed by atoms with Crippen molar-refractivity contribution in [1.29, 1.82) is 0 Å². The molecule has 1 N–H and O–H groups in total. The number of halogens is 1. The Hall–Kier alpha value is -2.02. The van der Waals surface area contributed by atoms with Crippen LogP contribution in [-0.2, 0) is 20.0 Å². The lowest BCUT2D eigenvalue weighted by Gasteiger charge is -2.04. The van der Waals surface area contributed by atoms with E-state index < -0.39 is 0 Å². The fourth-order valence-corrected chi connectivity index (χ4v) is 2.39. The molecule has 0 bridgehead atoms. The van der Waals surface area contributed by atoms with Crippen molar-refractivity contribution >= 4 is 23.3 Å². The Morgan fingerprint density at radius 3 is 3.00 bits per heavy atom. The first-order valence-corrected chi connectivity index (χ1v) is 6.27. The van der Waals surface area contributed by atoms with Crippen LogP contribution in [0.25, 0.3) is 11.0 Å². The molecular formula is C12H12FN5S. The first-order valence-electron chi connectivity index (χ1n) is 5.86. The molecule has 0 aliphatic rings. The zero-order valence-corrected chi connectivity index (χ0v) is 11.1. The van der Waals surface area contributed by atoms with E-state index >= 15 is 0 Å². The van der Waals surface area contributed by atoms with E-state index in [9.17, 15) is 4.39 Å². The second kappa shape index (κ2) is 4.58. The molecule has 0 unspecified atom stereocenters. The van der Waals surface area contributed by atoms with Crippen molar-refractivity contribution in [2.24, 2.45) is 7.05 Å². The van der Waals surface area contributed by atoms with Crippen molar-refractivity contribution in [3.05, 3.63) is 40.9 Å². The third-order valence-corrected chi connectivity index (χ3v) is 3.42. The van der Waals surface area contributed by atoms with Crippen molar-refractivity contribution < 1.29 is 4.39 Å². The summed E-state index contributed by atoms with van der Waals surface area (Å²) >= 11 is 5.27. The van der Waals surface area contributed by atoms with Crippen LogP contribution in [0.1, 0.15) is 5.82 Å². The molecular weight excluding hydrogens is 265 g/mol. The molecule has 0 fully saturated rings. The molecule has 0 radical (unpaired) electrons. The molecule has 0 saturated carbocycles. The summed E-state index contributed by atoms with van der Waals surface area (Å²) in [6.45, 7) is 0.634. The molecule has 7 heteroatoms. The van der Waals surface area contributed by atoms with Gasteiger partial charge in [0.15, 0.2) is 4.77 Å². The predicted octanol–water partition coefficient (Wildman–Crippen LogP) is 2.21. The monoisotopic (exact) mass is 277 g/mol. The number of nitrogens with zero attached hydrogens (tertiary/aromatic N) is 4. The van der Waals surface area contributed by atoms with Gasteiger partial charge in [-0.15, -0.1) is 10.2 Å². The summed E-state index contributed by atoms with van der Waals surface area (Å²) in [6, 6.07) is 4.60. The van der Waals surface area contributed by atoms with Gasteiger partial charge in [0.05, 0.1) is 11.0 Å². The van der Waals surface area contributed by atoms with Gasteiger partial charge in [-0.25, -0.2) is 4.39 Å². The number of rotatable bonds is 3. The number of hydrogen-bond acceptors (Lipinski definition) is 3. The summed E-state index contributed by atoms with van der Waals surface area (Å²) < 4.78 is 17.6. The Morgan fingerprint density at radius 1 is 1.42 bits per heavy atom. The van der Waals surface area contributed by atoms with Gasteiger partial charge < -0.3 is 14.1 Å². The lowest BCUT2D eigenvalue weighted by Crippen LogP contribution is -2.05. The molecule has 3 aromatic rings. The third-order valence-electron chi connectivity index (χ3n) is 3.10. The average molecular weight is 277 g/mol. The van der Waals surface area contributed by atoms with Crippen molar-refractivity contribution in [3.63, 3.8) is 0 Å². The summed E-state index contributed by atoms with van der Waals surface area (Å²) in [5.74, 6) is 0.599. The molecule has 5 nitrogen and oxygen atoms in total. The van der Waals surface area contributed by atoms with Crippen molar-refractivity contribution in [2.45, 2.75) is 13.0 Å². The van der Waals surface area contributed by atoms with Gasteiger partial charge in [0, 0.05) is 20.0 Å². The van der Waals surface area contributed by atoms with Crippen LogP contribution in [0.15, 0.2) is 24.5 Å². The van der Waals surface area contributed by atoms with Crippen LogP contribution < -0.4 is 0 Å². The van der Waals surface area contributed by atoms with Crippen LogP contribution in [0, 0.1) is 10.6 Å². The topological polar surface area (TPSA) is 51.4 Å². The van der Waals surface area contributed by atoms with E-state index in [1.807, 2.05) is 16.2 Å². The zero-order chi connectivity index (χ0) is 13.4. The first kappa shape index (κ1) is 12.0. The number of benzene rings is 1. The molecule has 2 heterocycles. The summed E-state index contributed by atoms with van der Waals surface area (Å²) in [4.78, 5) is 3.07. The van der Waals surface area contributed by atoms with E-state index in [1.165, 1.54) is 12.1 Å². The zero-order valence-electron chi connectivity index (χ0n) is 10.3. The highest BCUT2D eigenvalue weighted by atomic mass is 32.1. The summed E-state index contributed by atoms with van der Waals surface area (Å²) in [5.41, 5.74) is 1.61. The first-order chi connectivity index (χ1) is 9.15. The fourth-order valence-electron chi connectivity index (χ4n) is 2.09. The summed E-state index contributed by atoms with van der Waals surface area (Å²) in [7, 11) is 1.89.